The van der Waals surface area contributed by atoms with Crippen LogP contribution in [0.2, 0.25) is 5.02 Å². The monoisotopic (exact) mass is 436 g/mol. The van der Waals surface area contributed by atoms with Crippen LogP contribution in [0.5, 0.6) is 0 Å². The molecule has 0 saturated carbocycles. The molecule has 0 fully saturated rings. The van der Waals surface area contributed by atoms with E-state index in [0.29, 0.717) is 23.5 Å². The number of benzene rings is 2. The van der Waals surface area contributed by atoms with Crippen LogP contribution < -0.4 is 4.80 Å². The lowest BCUT2D eigenvalue weighted by Gasteiger charge is -2.05. The summed E-state index contributed by atoms with van der Waals surface area (Å²) in [4.78, 5) is 29.1. The molecule has 0 unspecified atom stereocenters. The Morgan fingerprint density at radius 2 is 2.07 bits per heavy atom. The van der Waals surface area contributed by atoms with Crippen LogP contribution in [-0.2, 0) is 16.0 Å². The fourth-order valence-corrected chi connectivity index (χ4v) is 4.08. The van der Waals surface area contributed by atoms with E-state index in [1.165, 1.54) is 23.5 Å². The summed E-state index contributed by atoms with van der Waals surface area (Å²) in [5.74, 6) is -1.95. The fourth-order valence-electron chi connectivity index (χ4n) is 2.74. The lowest BCUT2D eigenvalue weighted by Crippen LogP contribution is -2.19. The van der Waals surface area contributed by atoms with E-state index in [1.54, 1.807) is 36.8 Å². The number of methoxy groups -OCH3 is 1. The number of hydrogen-bond donors (Lipinski definition) is 0. The Labute approximate surface area is 175 Å². The first-order valence-corrected chi connectivity index (χ1v) is 9.98. The zero-order valence-electron chi connectivity index (χ0n) is 15.8. The van der Waals surface area contributed by atoms with Crippen LogP contribution in [0.3, 0.4) is 0 Å². The third-order valence-corrected chi connectivity index (χ3v) is 5.44. The smallest absolute Gasteiger partial charge is 0.338 e. The van der Waals surface area contributed by atoms with Gasteiger partial charge in [0.2, 0.25) is 0 Å². The van der Waals surface area contributed by atoms with E-state index in [9.17, 15) is 14.0 Å². The Balaban J connectivity index is 2.13. The van der Waals surface area contributed by atoms with Crippen LogP contribution in [0.25, 0.3) is 10.2 Å². The molecule has 29 heavy (non-hydrogen) atoms. The van der Waals surface area contributed by atoms with E-state index in [1.807, 2.05) is 0 Å². The maximum atomic E-state index is 14.1. The SMILES string of the molecule is CCOC(=O)c1ccc2c(c1)sc(=NC(=O)c1c(F)cccc1Cl)n2CCOC. The van der Waals surface area contributed by atoms with Gasteiger partial charge in [0.25, 0.3) is 5.91 Å². The predicted octanol–water partition coefficient (Wildman–Crippen LogP) is 4.06. The van der Waals surface area contributed by atoms with Crippen molar-refractivity contribution in [1.29, 1.82) is 0 Å². The topological polar surface area (TPSA) is 69.9 Å². The highest BCUT2D eigenvalue weighted by molar-refractivity contribution is 7.16. The van der Waals surface area contributed by atoms with Gasteiger partial charge < -0.3 is 14.0 Å². The van der Waals surface area contributed by atoms with Gasteiger partial charge in [-0.3, -0.25) is 4.79 Å². The molecule has 0 saturated heterocycles. The number of amides is 1. The van der Waals surface area contributed by atoms with Gasteiger partial charge in [-0.05, 0) is 37.3 Å². The van der Waals surface area contributed by atoms with E-state index in [-0.39, 0.29) is 17.2 Å². The van der Waals surface area contributed by atoms with Crippen LogP contribution in [0, 0.1) is 5.82 Å². The summed E-state index contributed by atoms with van der Waals surface area (Å²) in [7, 11) is 1.56. The van der Waals surface area contributed by atoms with Crippen molar-refractivity contribution in [3.05, 3.63) is 63.2 Å². The molecule has 3 rings (SSSR count). The third kappa shape index (κ3) is 4.55. The molecule has 1 heterocycles. The minimum atomic E-state index is -0.781. The van der Waals surface area contributed by atoms with Crippen molar-refractivity contribution in [2.45, 2.75) is 13.5 Å². The van der Waals surface area contributed by atoms with Crippen molar-refractivity contribution in [2.75, 3.05) is 20.3 Å². The molecule has 0 atom stereocenters. The second-order valence-electron chi connectivity index (χ2n) is 5.95. The second kappa shape index (κ2) is 9.30. The minimum Gasteiger partial charge on any atom is -0.462 e. The molecule has 2 aromatic carbocycles. The summed E-state index contributed by atoms with van der Waals surface area (Å²) >= 11 is 7.19. The highest BCUT2D eigenvalue weighted by atomic mass is 35.5. The van der Waals surface area contributed by atoms with Gasteiger partial charge >= 0.3 is 5.97 Å². The number of rotatable bonds is 6. The molecular weight excluding hydrogens is 419 g/mol. The van der Waals surface area contributed by atoms with E-state index < -0.39 is 17.7 Å². The fraction of sp³-hybridized carbons (Fsp3) is 0.250. The standard InChI is InChI=1S/C20H18ClFN2O4S/c1-3-28-19(26)12-7-8-15-16(11-12)29-20(24(15)9-10-27-2)23-18(25)17-13(21)5-4-6-14(17)22/h4-8,11H,3,9-10H2,1-2H3. The van der Waals surface area contributed by atoms with Crippen molar-refractivity contribution in [1.82, 2.24) is 4.57 Å². The van der Waals surface area contributed by atoms with Gasteiger partial charge in [-0.15, -0.1) is 0 Å². The number of aromatic nitrogens is 1. The minimum absolute atomic E-state index is 0.00657. The van der Waals surface area contributed by atoms with Crippen molar-refractivity contribution in [3.63, 3.8) is 0 Å². The van der Waals surface area contributed by atoms with Crippen molar-refractivity contribution < 1.29 is 23.5 Å². The molecule has 6 nitrogen and oxygen atoms in total. The molecule has 0 aliphatic heterocycles. The van der Waals surface area contributed by atoms with Crippen LogP contribution in [0.4, 0.5) is 4.39 Å². The first kappa shape index (κ1) is 21.2. The summed E-state index contributed by atoms with van der Waals surface area (Å²) in [5, 5.41) is -0.00657. The van der Waals surface area contributed by atoms with Gasteiger partial charge in [-0.25, -0.2) is 9.18 Å². The van der Waals surface area contributed by atoms with Gasteiger partial charge in [-0.1, -0.05) is 29.0 Å². The Kier molecular flexibility index (Phi) is 6.79. The number of halogens is 2. The number of nitrogens with zero attached hydrogens (tertiary/aromatic N) is 2. The number of carbonyl (C=O) groups excluding carboxylic acids is 2. The Bertz CT molecular complexity index is 1120. The van der Waals surface area contributed by atoms with Crippen molar-refractivity contribution >= 4 is 45.0 Å². The van der Waals surface area contributed by atoms with Gasteiger partial charge in [0.15, 0.2) is 4.80 Å². The van der Waals surface area contributed by atoms with Gasteiger partial charge in [0.1, 0.15) is 5.82 Å². The van der Waals surface area contributed by atoms with E-state index in [0.717, 1.165) is 16.3 Å². The molecule has 0 bridgehead atoms. The van der Waals surface area contributed by atoms with E-state index in [2.05, 4.69) is 4.99 Å². The molecule has 0 aliphatic rings. The number of ether oxygens (including phenoxy) is 2. The average Bonchev–Trinajstić information content (AvgIpc) is 3.02. The average molecular weight is 437 g/mol. The summed E-state index contributed by atoms with van der Waals surface area (Å²) < 4.78 is 26.8. The molecule has 9 heteroatoms. The largest absolute Gasteiger partial charge is 0.462 e. The second-order valence-corrected chi connectivity index (χ2v) is 7.36. The number of fused-ring (bicyclic) bond motifs is 1. The van der Waals surface area contributed by atoms with Gasteiger partial charge in [0, 0.05) is 13.7 Å². The van der Waals surface area contributed by atoms with E-state index >= 15 is 0 Å². The molecule has 3 aromatic rings. The number of hydrogen-bond acceptors (Lipinski definition) is 5. The Hall–Kier alpha value is -2.55. The predicted molar refractivity (Wildman–Crippen MR) is 109 cm³/mol. The van der Waals surface area contributed by atoms with Crippen LogP contribution >= 0.6 is 22.9 Å². The lowest BCUT2D eigenvalue weighted by molar-refractivity contribution is 0.0526. The maximum Gasteiger partial charge on any atom is 0.338 e. The molecule has 0 spiro atoms. The zero-order chi connectivity index (χ0) is 21.0. The van der Waals surface area contributed by atoms with Gasteiger partial charge in [-0.2, -0.15) is 4.99 Å². The first-order chi connectivity index (χ1) is 14.0. The van der Waals surface area contributed by atoms with Crippen LogP contribution in [0.15, 0.2) is 41.4 Å². The highest BCUT2D eigenvalue weighted by Gasteiger charge is 2.17. The molecule has 1 amide bonds. The summed E-state index contributed by atoms with van der Waals surface area (Å²) in [5.41, 5.74) is 0.887. The highest BCUT2D eigenvalue weighted by Crippen LogP contribution is 2.22. The molecule has 0 radical (unpaired) electrons. The summed E-state index contributed by atoms with van der Waals surface area (Å²) in [6, 6.07) is 9.10. The molecule has 0 aliphatic carbocycles. The molecule has 1 aromatic heterocycles. The quantitative estimate of drug-likeness (QED) is 0.546. The van der Waals surface area contributed by atoms with Crippen molar-refractivity contribution in [2.24, 2.45) is 4.99 Å². The summed E-state index contributed by atoms with van der Waals surface area (Å²) in [6.07, 6.45) is 0. The Morgan fingerprint density at radius 1 is 1.28 bits per heavy atom. The number of thiazole rings is 1. The van der Waals surface area contributed by atoms with Gasteiger partial charge in [0.05, 0.1) is 39.6 Å². The van der Waals surface area contributed by atoms with Crippen molar-refractivity contribution in [3.8, 4) is 0 Å². The Morgan fingerprint density at radius 3 is 2.76 bits per heavy atom. The lowest BCUT2D eigenvalue weighted by atomic mass is 10.2. The zero-order valence-corrected chi connectivity index (χ0v) is 17.3. The normalized spacial score (nSPS) is 11.8. The number of carbonyl (C=O) groups is 2. The number of esters is 1. The van der Waals surface area contributed by atoms with Crippen LogP contribution in [0.1, 0.15) is 27.6 Å². The molecular formula is C20H18ClFN2O4S. The molecule has 0 N–H and O–H groups in total. The molecule has 152 valence electrons. The van der Waals surface area contributed by atoms with E-state index in [4.69, 9.17) is 21.1 Å². The first-order valence-electron chi connectivity index (χ1n) is 8.78. The summed E-state index contributed by atoms with van der Waals surface area (Å²) in [6.45, 7) is 2.81. The van der Waals surface area contributed by atoms with Crippen LogP contribution in [-0.4, -0.2) is 36.8 Å². The maximum absolute atomic E-state index is 14.1. The third-order valence-electron chi connectivity index (χ3n) is 4.09.